The molecule has 0 radical (unpaired) electrons. The standard InChI is InChI=1S/C26H31NO4/c1-5-17-30-18-16-20(4)24(28)27-23(19(2)3)26(31-25(27)29,21-12-8-6-9-13-21)22-14-10-7-11-15-22/h5-15,19-20,23H,1,16-18H2,2-4H3. The molecule has 0 aromatic heterocycles. The summed E-state index contributed by atoms with van der Waals surface area (Å²) in [4.78, 5) is 28.0. The first-order valence-electron chi connectivity index (χ1n) is 10.8. The van der Waals surface area contributed by atoms with Crippen molar-refractivity contribution in [2.75, 3.05) is 13.2 Å². The molecule has 3 rings (SSSR count). The summed E-state index contributed by atoms with van der Waals surface area (Å²) in [5.74, 6) is -0.638. The Bertz CT molecular complexity index is 855. The van der Waals surface area contributed by atoms with Crippen molar-refractivity contribution >= 4 is 12.0 Å². The summed E-state index contributed by atoms with van der Waals surface area (Å²) in [5, 5.41) is 0. The second-order valence-electron chi connectivity index (χ2n) is 8.29. The second-order valence-corrected chi connectivity index (χ2v) is 8.29. The maximum atomic E-state index is 13.4. The lowest BCUT2D eigenvalue weighted by atomic mass is 9.75. The van der Waals surface area contributed by atoms with Crippen LogP contribution in [0.1, 0.15) is 38.3 Å². The van der Waals surface area contributed by atoms with Crippen LogP contribution in [0.15, 0.2) is 73.3 Å². The number of amides is 2. The quantitative estimate of drug-likeness (QED) is 0.414. The van der Waals surface area contributed by atoms with Crippen LogP contribution >= 0.6 is 0 Å². The van der Waals surface area contributed by atoms with E-state index >= 15 is 0 Å². The van der Waals surface area contributed by atoms with E-state index in [1.807, 2.05) is 81.4 Å². The zero-order valence-electron chi connectivity index (χ0n) is 18.5. The lowest BCUT2D eigenvalue weighted by Gasteiger charge is -2.38. The molecule has 0 bridgehead atoms. The van der Waals surface area contributed by atoms with Gasteiger partial charge < -0.3 is 9.47 Å². The van der Waals surface area contributed by atoms with Crippen molar-refractivity contribution in [3.05, 3.63) is 84.4 Å². The summed E-state index contributed by atoms with van der Waals surface area (Å²) >= 11 is 0. The smallest absolute Gasteiger partial charge is 0.418 e. The third kappa shape index (κ3) is 4.42. The van der Waals surface area contributed by atoms with E-state index in [1.54, 1.807) is 6.08 Å². The summed E-state index contributed by atoms with van der Waals surface area (Å²) < 4.78 is 11.6. The molecule has 2 unspecified atom stereocenters. The zero-order valence-corrected chi connectivity index (χ0v) is 18.5. The number of benzene rings is 2. The molecule has 31 heavy (non-hydrogen) atoms. The van der Waals surface area contributed by atoms with Crippen LogP contribution in [0.2, 0.25) is 0 Å². The van der Waals surface area contributed by atoms with Gasteiger partial charge in [0.1, 0.15) is 0 Å². The molecule has 2 aromatic rings. The lowest BCUT2D eigenvalue weighted by molar-refractivity contribution is -0.134. The van der Waals surface area contributed by atoms with Crippen molar-refractivity contribution in [1.29, 1.82) is 0 Å². The van der Waals surface area contributed by atoms with Crippen LogP contribution in [0.4, 0.5) is 4.79 Å². The van der Waals surface area contributed by atoms with Gasteiger partial charge in [-0.3, -0.25) is 4.79 Å². The number of rotatable bonds is 9. The number of cyclic esters (lactones) is 1. The maximum absolute atomic E-state index is 13.4. The number of carbonyl (C=O) groups is 2. The number of imide groups is 1. The van der Waals surface area contributed by atoms with E-state index in [9.17, 15) is 9.59 Å². The molecule has 0 aliphatic carbocycles. The SMILES string of the molecule is C=CCOCCC(C)C(=O)N1C(=O)OC(c2ccccc2)(c2ccccc2)C1C(C)C. The molecular weight excluding hydrogens is 390 g/mol. The second kappa shape index (κ2) is 9.92. The number of nitrogens with zero attached hydrogens (tertiary/aromatic N) is 1. The van der Waals surface area contributed by atoms with E-state index in [4.69, 9.17) is 9.47 Å². The highest BCUT2D eigenvalue weighted by Gasteiger charge is 2.59. The fourth-order valence-corrected chi connectivity index (χ4v) is 4.32. The first-order chi connectivity index (χ1) is 14.9. The van der Waals surface area contributed by atoms with Crippen molar-refractivity contribution in [3.63, 3.8) is 0 Å². The summed E-state index contributed by atoms with van der Waals surface area (Å²) in [6.45, 7) is 10.4. The third-order valence-electron chi connectivity index (χ3n) is 5.77. The lowest BCUT2D eigenvalue weighted by Crippen LogP contribution is -2.51. The van der Waals surface area contributed by atoms with E-state index in [0.29, 0.717) is 19.6 Å². The highest BCUT2D eigenvalue weighted by Crippen LogP contribution is 2.47. The molecule has 0 N–H and O–H groups in total. The normalized spacial score (nSPS) is 18.6. The number of hydrogen-bond donors (Lipinski definition) is 0. The van der Waals surface area contributed by atoms with Gasteiger partial charge in [-0.15, -0.1) is 6.58 Å². The summed E-state index contributed by atoms with van der Waals surface area (Å²) in [6.07, 6.45) is 1.59. The van der Waals surface area contributed by atoms with E-state index in [1.165, 1.54) is 4.90 Å². The van der Waals surface area contributed by atoms with Gasteiger partial charge in [-0.1, -0.05) is 87.5 Å². The molecule has 5 heteroatoms. The predicted molar refractivity (Wildman–Crippen MR) is 120 cm³/mol. The Balaban J connectivity index is 2.03. The predicted octanol–water partition coefficient (Wildman–Crippen LogP) is 5.16. The number of carbonyl (C=O) groups excluding carboxylic acids is 2. The summed E-state index contributed by atoms with van der Waals surface area (Å²) in [5.41, 5.74) is 0.638. The molecule has 1 fully saturated rings. The molecule has 5 nitrogen and oxygen atoms in total. The van der Waals surface area contributed by atoms with Gasteiger partial charge in [0.2, 0.25) is 5.91 Å². The van der Waals surface area contributed by atoms with Gasteiger partial charge >= 0.3 is 6.09 Å². The van der Waals surface area contributed by atoms with Crippen molar-refractivity contribution < 1.29 is 19.1 Å². The van der Waals surface area contributed by atoms with Crippen molar-refractivity contribution in [2.45, 2.75) is 38.8 Å². The van der Waals surface area contributed by atoms with Gasteiger partial charge in [-0.25, -0.2) is 9.69 Å². The fraction of sp³-hybridized carbons (Fsp3) is 0.385. The minimum absolute atomic E-state index is 0.0278. The largest absolute Gasteiger partial charge is 0.430 e. The molecule has 0 spiro atoms. The Morgan fingerprint density at radius 1 is 1.10 bits per heavy atom. The molecule has 2 aromatic carbocycles. The zero-order chi connectivity index (χ0) is 22.4. The Kier molecular flexibility index (Phi) is 7.29. The Morgan fingerprint density at radius 2 is 1.65 bits per heavy atom. The van der Waals surface area contributed by atoms with Crippen molar-refractivity contribution in [1.82, 2.24) is 4.90 Å². The van der Waals surface area contributed by atoms with Gasteiger partial charge in [0.25, 0.3) is 0 Å². The topological polar surface area (TPSA) is 55.8 Å². The Labute approximate surface area is 184 Å². The number of ether oxygens (including phenoxy) is 2. The van der Waals surface area contributed by atoms with Gasteiger partial charge in [-0.05, 0) is 12.3 Å². The first kappa shape index (κ1) is 22.8. The molecular formula is C26H31NO4. The Morgan fingerprint density at radius 3 is 2.13 bits per heavy atom. The fourth-order valence-electron chi connectivity index (χ4n) is 4.32. The van der Waals surface area contributed by atoms with Crippen LogP contribution in [0.3, 0.4) is 0 Å². The van der Waals surface area contributed by atoms with Gasteiger partial charge in [0.15, 0.2) is 5.60 Å². The first-order valence-corrected chi connectivity index (χ1v) is 10.8. The molecule has 1 heterocycles. The minimum Gasteiger partial charge on any atom is -0.430 e. The van der Waals surface area contributed by atoms with Gasteiger partial charge in [0.05, 0.1) is 12.6 Å². The molecule has 1 aliphatic heterocycles. The summed E-state index contributed by atoms with van der Waals surface area (Å²) in [6, 6.07) is 18.9. The third-order valence-corrected chi connectivity index (χ3v) is 5.77. The molecule has 2 amide bonds. The highest BCUT2D eigenvalue weighted by molar-refractivity contribution is 5.95. The Hall–Kier alpha value is -2.92. The molecule has 2 atom stereocenters. The monoisotopic (exact) mass is 421 g/mol. The maximum Gasteiger partial charge on any atom is 0.418 e. The molecule has 1 saturated heterocycles. The van der Waals surface area contributed by atoms with Gasteiger partial charge in [-0.2, -0.15) is 0 Å². The highest BCUT2D eigenvalue weighted by atomic mass is 16.6. The molecule has 0 saturated carbocycles. The van der Waals surface area contributed by atoms with Gasteiger partial charge in [0, 0.05) is 23.7 Å². The average molecular weight is 422 g/mol. The van der Waals surface area contributed by atoms with Crippen LogP contribution in [0, 0.1) is 11.8 Å². The summed E-state index contributed by atoms with van der Waals surface area (Å²) in [7, 11) is 0. The van der Waals surface area contributed by atoms with Crippen LogP contribution < -0.4 is 0 Å². The van der Waals surface area contributed by atoms with E-state index in [-0.39, 0.29) is 17.7 Å². The van der Waals surface area contributed by atoms with Crippen LogP contribution in [0.5, 0.6) is 0 Å². The van der Waals surface area contributed by atoms with Crippen molar-refractivity contribution in [2.24, 2.45) is 11.8 Å². The van der Waals surface area contributed by atoms with E-state index in [0.717, 1.165) is 11.1 Å². The van der Waals surface area contributed by atoms with Crippen LogP contribution in [-0.2, 0) is 19.9 Å². The van der Waals surface area contributed by atoms with Crippen LogP contribution in [-0.4, -0.2) is 36.2 Å². The molecule has 1 aliphatic rings. The number of hydrogen-bond acceptors (Lipinski definition) is 4. The minimum atomic E-state index is -1.07. The van der Waals surface area contributed by atoms with E-state index in [2.05, 4.69) is 6.58 Å². The molecule has 164 valence electrons. The average Bonchev–Trinajstić information content (AvgIpc) is 3.11. The van der Waals surface area contributed by atoms with Crippen LogP contribution in [0.25, 0.3) is 0 Å². The van der Waals surface area contributed by atoms with E-state index < -0.39 is 17.7 Å². The van der Waals surface area contributed by atoms with Crippen molar-refractivity contribution in [3.8, 4) is 0 Å².